The van der Waals surface area contributed by atoms with E-state index < -0.39 is 15.9 Å². The van der Waals surface area contributed by atoms with Crippen molar-refractivity contribution < 1.29 is 27.5 Å². The van der Waals surface area contributed by atoms with Gasteiger partial charge in [0, 0.05) is 43.3 Å². The van der Waals surface area contributed by atoms with Crippen LogP contribution < -0.4 is 10.1 Å². The highest BCUT2D eigenvalue weighted by Crippen LogP contribution is 2.31. The van der Waals surface area contributed by atoms with E-state index in [1.54, 1.807) is 18.2 Å². The summed E-state index contributed by atoms with van der Waals surface area (Å²) in [6, 6.07) is 11.1. The van der Waals surface area contributed by atoms with Crippen LogP contribution in [0.15, 0.2) is 47.4 Å². The number of ether oxygens (including phenoxy) is 2. The van der Waals surface area contributed by atoms with Gasteiger partial charge in [0.1, 0.15) is 5.75 Å². The zero-order valence-electron chi connectivity index (χ0n) is 19.4. The summed E-state index contributed by atoms with van der Waals surface area (Å²) in [7, 11) is -3.63. The number of piperidine rings is 1. The lowest BCUT2D eigenvalue weighted by Crippen LogP contribution is -2.45. The first-order valence-electron chi connectivity index (χ1n) is 12.0. The van der Waals surface area contributed by atoms with E-state index in [0.717, 1.165) is 32.2 Å². The highest BCUT2D eigenvalue weighted by atomic mass is 32.2. The largest absolute Gasteiger partial charge is 0.493 e. The summed E-state index contributed by atoms with van der Waals surface area (Å²) in [6.07, 6.45) is 3.91. The standard InChI is InChI=1S/C25H29N3O6S/c29-24(18-4-7-21(8-5-18)35(31,32)27-12-15-33-16-13-27)26-19-6-9-23-22(17-19)25(30)28-11-2-1-3-20(28)10-14-34-23/h4-9,17,20H,1-3,10-16H2,(H,26,29). The van der Waals surface area contributed by atoms with Crippen LogP contribution in [0.1, 0.15) is 46.4 Å². The maximum atomic E-state index is 13.3. The summed E-state index contributed by atoms with van der Waals surface area (Å²) in [5, 5.41) is 2.82. The van der Waals surface area contributed by atoms with Crippen molar-refractivity contribution in [3.05, 3.63) is 53.6 Å². The summed E-state index contributed by atoms with van der Waals surface area (Å²) < 4.78 is 38.1. The van der Waals surface area contributed by atoms with E-state index in [9.17, 15) is 18.0 Å². The number of hydrogen-bond donors (Lipinski definition) is 1. The normalized spacial score (nSPS) is 21.2. The molecule has 1 atom stereocenters. The fourth-order valence-corrected chi connectivity index (χ4v) is 6.25. The third-order valence-corrected chi connectivity index (χ3v) is 8.70. The van der Waals surface area contributed by atoms with Crippen molar-refractivity contribution in [2.24, 2.45) is 0 Å². The Balaban J connectivity index is 1.32. The van der Waals surface area contributed by atoms with Crippen LogP contribution in [0.2, 0.25) is 0 Å². The van der Waals surface area contributed by atoms with Gasteiger partial charge >= 0.3 is 0 Å². The Labute approximate surface area is 205 Å². The van der Waals surface area contributed by atoms with Gasteiger partial charge in [-0.25, -0.2) is 8.42 Å². The minimum atomic E-state index is -3.63. The molecule has 0 saturated carbocycles. The Bertz CT molecular complexity index is 1210. The average Bonchev–Trinajstić information content (AvgIpc) is 2.89. The second-order valence-corrected chi connectivity index (χ2v) is 10.9. The van der Waals surface area contributed by atoms with Crippen molar-refractivity contribution in [2.45, 2.75) is 36.6 Å². The number of nitrogens with zero attached hydrogens (tertiary/aromatic N) is 2. The molecular weight excluding hydrogens is 470 g/mol. The topological polar surface area (TPSA) is 105 Å². The minimum Gasteiger partial charge on any atom is -0.493 e. The second-order valence-electron chi connectivity index (χ2n) is 8.99. The van der Waals surface area contributed by atoms with Gasteiger partial charge in [-0.05, 0) is 61.7 Å². The summed E-state index contributed by atoms with van der Waals surface area (Å²) in [4.78, 5) is 28.2. The molecule has 186 valence electrons. The van der Waals surface area contributed by atoms with Crippen LogP contribution in [-0.2, 0) is 14.8 Å². The average molecular weight is 500 g/mol. The fourth-order valence-electron chi connectivity index (χ4n) is 4.85. The van der Waals surface area contributed by atoms with Crippen LogP contribution in [0.4, 0.5) is 5.69 Å². The van der Waals surface area contributed by atoms with E-state index in [-0.39, 0.29) is 16.8 Å². The smallest absolute Gasteiger partial charge is 0.257 e. The molecule has 2 saturated heterocycles. The molecular formula is C25H29N3O6S. The van der Waals surface area contributed by atoms with Crippen molar-refractivity contribution in [2.75, 3.05) is 44.8 Å². The monoisotopic (exact) mass is 499 g/mol. The van der Waals surface area contributed by atoms with E-state index in [1.165, 1.54) is 28.6 Å². The number of sulfonamides is 1. The second kappa shape index (κ2) is 9.96. The molecule has 1 unspecified atom stereocenters. The number of anilines is 1. The van der Waals surface area contributed by atoms with E-state index in [4.69, 9.17) is 9.47 Å². The number of benzene rings is 2. The van der Waals surface area contributed by atoms with E-state index >= 15 is 0 Å². The van der Waals surface area contributed by atoms with Gasteiger partial charge < -0.3 is 19.7 Å². The molecule has 0 aromatic heterocycles. The van der Waals surface area contributed by atoms with Crippen molar-refractivity contribution in [3.8, 4) is 5.75 Å². The predicted molar refractivity (Wildman–Crippen MR) is 129 cm³/mol. The summed E-state index contributed by atoms with van der Waals surface area (Å²) in [5.74, 6) is 0.0585. The Hall–Kier alpha value is -2.95. The number of amides is 2. The zero-order valence-corrected chi connectivity index (χ0v) is 20.3. The molecule has 3 heterocycles. The Morgan fingerprint density at radius 2 is 1.71 bits per heavy atom. The lowest BCUT2D eigenvalue weighted by molar-refractivity contribution is 0.0548. The summed E-state index contributed by atoms with van der Waals surface area (Å²) in [6.45, 7) is 2.64. The molecule has 9 nitrogen and oxygen atoms in total. The van der Waals surface area contributed by atoms with E-state index in [2.05, 4.69) is 5.32 Å². The van der Waals surface area contributed by atoms with Gasteiger partial charge in [0.15, 0.2) is 0 Å². The zero-order chi connectivity index (χ0) is 24.4. The number of hydrogen-bond acceptors (Lipinski definition) is 6. The molecule has 1 N–H and O–H groups in total. The van der Waals surface area contributed by atoms with Crippen LogP contribution in [0.5, 0.6) is 5.75 Å². The predicted octanol–water partition coefficient (Wildman–Crippen LogP) is 2.74. The lowest BCUT2D eigenvalue weighted by Gasteiger charge is -2.37. The number of fused-ring (bicyclic) bond motifs is 2. The SMILES string of the molecule is O=C(Nc1ccc2c(c1)C(=O)N1CCCCC1CCO2)c1ccc(S(=O)(=O)N2CCOCC2)cc1. The molecule has 0 radical (unpaired) electrons. The molecule has 10 heteroatoms. The fraction of sp³-hybridized carbons (Fsp3) is 0.440. The van der Waals surface area contributed by atoms with Crippen molar-refractivity contribution in [1.82, 2.24) is 9.21 Å². The van der Waals surface area contributed by atoms with Gasteiger partial charge in [0.25, 0.3) is 11.8 Å². The van der Waals surface area contributed by atoms with E-state index in [1.807, 2.05) is 4.90 Å². The molecule has 5 rings (SSSR count). The van der Waals surface area contributed by atoms with Crippen LogP contribution in [0.25, 0.3) is 0 Å². The summed E-state index contributed by atoms with van der Waals surface area (Å²) >= 11 is 0. The maximum absolute atomic E-state index is 13.3. The number of morpholine rings is 1. The summed E-state index contributed by atoms with van der Waals surface area (Å²) in [5.41, 5.74) is 1.24. The number of carbonyl (C=O) groups is 2. The van der Waals surface area contributed by atoms with Gasteiger partial charge in [-0.1, -0.05) is 0 Å². The highest BCUT2D eigenvalue weighted by Gasteiger charge is 2.31. The Morgan fingerprint density at radius 1 is 0.943 bits per heavy atom. The van der Waals surface area contributed by atoms with Gasteiger partial charge in [-0.15, -0.1) is 0 Å². The minimum absolute atomic E-state index is 0.0711. The number of rotatable bonds is 4. The highest BCUT2D eigenvalue weighted by molar-refractivity contribution is 7.89. The molecule has 0 spiro atoms. The first-order valence-corrected chi connectivity index (χ1v) is 13.4. The first-order chi connectivity index (χ1) is 16.9. The number of nitrogens with one attached hydrogen (secondary N) is 1. The first kappa shape index (κ1) is 23.8. The molecule has 0 bridgehead atoms. The van der Waals surface area contributed by atoms with Crippen LogP contribution >= 0.6 is 0 Å². The van der Waals surface area contributed by atoms with Gasteiger partial charge in [0.05, 0.1) is 30.3 Å². The molecule has 2 aromatic rings. The van der Waals surface area contributed by atoms with Crippen molar-refractivity contribution >= 4 is 27.5 Å². The Kier molecular flexibility index (Phi) is 6.77. The molecule has 0 aliphatic carbocycles. The van der Waals surface area contributed by atoms with Crippen molar-refractivity contribution in [1.29, 1.82) is 0 Å². The van der Waals surface area contributed by atoms with E-state index in [0.29, 0.717) is 55.5 Å². The van der Waals surface area contributed by atoms with Crippen LogP contribution in [0, 0.1) is 0 Å². The van der Waals surface area contributed by atoms with Crippen LogP contribution in [-0.4, -0.2) is 74.9 Å². The molecule has 35 heavy (non-hydrogen) atoms. The lowest BCUT2D eigenvalue weighted by atomic mass is 9.97. The molecule has 2 amide bonds. The third-order valence-electron chi connectivity index (χ3n) is 6.79. The van der Waals surface area contributed by atoms with Gasteiger partial charge in [-0.3, -0.25) is 9.59 Å². The molecule has 2 aromatic carbocycles. The quantitative estimate of drug-likeness (QED) is 0.694. The van der Waals surface area contributed by atoms with Gasteiger partial charge in [-0.2, -0.15) is 4.31 Å². The number of carbonyl (C=O) groups excluding carboxylic acids is 2. The van der Waals surface area contributed by atoms with Gasteiger partial charge in [0.2, 0.25) is 10.0 Å². The van der Waals surface area contributed by atoms with Crippen molar-refractivity contribution in [3.63, 3.8) is 0 Å². The maximum Gasteiger partial charge on any atom is 0.257 e. The third kappa shape index (κ3) is 4.91. The van der Waals surface area contributed by atoms with Crippen LogP contribution in [0.3, 0.4) is 0 Å². The molecule has 3 aliphatic rings. The molecule has 3 aliphatic heterocycles. The molecule has 2 fully saturated rings. The Morgan fingerprint density at radius 3 is 2.49 bits per heavy atom.